The summed E-state index contributed by atoms with van der Waals surface area (Å²) in [5, 5.41) is 7.73. The largest absolute Gasteiger partial charge is 0.387 e. The van der Waals surface area contributed by atoms with Gasteiger partial charge in [0.15, 0.2) is 4.34 Å². The van der Waals surface area contributed by atoms with Gasteiger partial charge in [-0.25, -0.2) is 4.98 Å². The Morgan fingerprint density at radius 2 is 2.16 bits per heavy atom. The zero-order valence-corrected chi connectivity index (χ0v) is 12.3. The molecule has 1 heterocycles. The van der Waals surface area contributed by atoms with Crippen LogP contribution in [-0.4, -0.2) is 20.9 Å². The van der Waals surface area contributed by atoms with Gasteiger partial charge in [-0.3, -0.25) is 5.41 Å². The van der Waals surface area contributed by atoms with E-state index in [0.717, 1.165) is 27.9 Å². The molecule has 2 aromatic rings. The third kappa shape index (κ3) is 3.78. The normalized spacial score (nSPS) is 12.3. The molecule has 0 amide bonds. The molecule has 0 bridgehead atoms. The quantitative estimate of drug-likeness (QED) is 0.487. The van der Waals surface area contributed by atoms with Gasteiger partial charge in [0, 0.05) is 12.2 Å². The van der Waals surface area contributed by atoms with Gasteiger partial charge in [0.05, 0.1) is 11.8 Å². The van der Waals surface area contributed by atoms with Crippen LogP contribution in [0, 0.1) is 5.41 Å². The van der Waals surface area contributed by atoms with Crippen molar-refractivity contribution in [2.24, 2.45) is 5.73 Å². The summed E-state index contributed by atoms with van der Waals surface area (Å²) in [5.41, 5.74) is 6.77. The number of nitrogens with one attached hydrogen (secondary N) is 1. The maximum Gasteiger partial charge on any atom is 0.170 e. The second kappa shape index (κ2) is 6.68. The smallest absolute Gasteiger partial charge is 0.170 e. The Morgan fingerprint density at radius 3 is 2.74 bits per heavy atom. The van der Waals surface area contributed by atoms with Crippen molar-refractivity contribution in [3.63, 3.8) is 0 Å². The van der Waals surface area contributed by atoms with Gasteiger partial charge in [0.2, 0.25) is 0 Å². The summed E-state index contributed by atoms with van der Waals surface area (Å²) >= 11 is 3.03. The molecule has 1 aromatic carbocycles. The lowest BCUT2D eigenvalue weighted by atomic mass is 10.0. The Balaban J connectivity index is 2.04. The van der Waals surface area contributed by atoms with Crippen molar-refractivity contribution in [2.75, 3.05) is 5.75 Å². The third-order valence-electron chi connectivity index (χ3n) is 2.72. The highest BCUT2D eigenvalue weighted by molar-refractivity contribution is 8.01. The minimum Gasteiger partial charge on any atom is -0.387 e. The molecule has 0 aliphatic heterocycles. The van der Waals surface area contributed by atoms with E-state index >= 15 is 0 Å². The average molecular weight is 292 g/mol. The van der Waals surface area contributed by atoms with Crippen molar-refractivity contribution in [3.8, 4) is 0 Å². The first-order valence-electron chi connectivity index (χ1n) is 6.05. The summed E-state index contributed by atoms with van der Waals surface area (Å²) in [5.74, 6) is 1.73. The lowest BCUT2D eigenvalue weighted by molar-refractivity contribution is 0.966. The highest BCUT2D eigenvalue weighted by Gasteiger charge is 2.16. The number of nitrogens with zero attached hydrogens (tertiary/aromatic N) is 2. The maximum atomic E-state index is 7.73. The molecule has 4 nitrogen and oxygen atoms in total. The maximum absolute atomic E-state index is 7.73. The number of rotatable bonds is 6. The molecule has 0 radical (unpaired) electrons. The number of nitrogens with two attached hydrogens (primary N) is 1. The van der Waals surface area contributed by atoms with E-state index < -0.39 is 0 Å². The molecule has 1 aromatic heterocycles. The van der Waals surface area contributed by atoms with Crippen molar-refractivity contribution < 1.29 is 0 Å². The first-order valence-corrected chi connectivity index (χ1v) is 7.80. The molecule has 19 heavy (non-hydrogen) atoms. The van der Waals surface area contributed by atoms with Crippen LogP contribution in [0.2, 0.25) is 0 Å². The summed E-state index contributed by atoms with van der Waals surface area (Å²) in [7, 11) is 0. The van der Waals surface area contributed by atoms with Crippen LogP contribution < -0.4 is 5.73 Å². The molecule has 1 unspecified atom stereocenters. The molecular formula is C13H16N4S2. The molecule has 0 saturated carbocycles. The topological polar surface area (TPSA) is 75.7 Å². The number of hydrogen-bond acceptors (Lipinski definition) is 5. The number of hydrogen-bond donors (Lipinski definition) is 2. The van der Waals surface area contributed by atoms with Crippen LogP contribution in [-0.2, 0) is 6.42 Å². The highest BCUT2D eigenvalue weighted by atomic mass is 32.2. The lowest BCUT2D eigenvalue weighted by Gasteiger charge is -2.14. The molecule has 0 spiro atoms. The van der Waals surface area contributed by atoms with Gasteiger partial charge in [-0.05, 0) is 17.1 Å². The van der Waals surface area contributed by atoms with Crippen molar-refractivity contribution >= 4 is 29.1 Å². The molecular weight excluding hydrogens is 276 g/mol. The Kier molecular flexibility index (Phi) is 4.93. The molecule has 0 saturated heterocycles. The van der Waals surface area contributed by atoms with Crippen LogP contribution in [0.5, 0.6) is 0 Å². The molecule has 0 fully saturated rings. The van der Waals surface area contributed by atoms with Crippen molar-refractivity contribution in [1.82, 2.24) is 9.36 Å². The fourth-order valence-electron chi connectivity index (χ4n) is 1.65. The van der Waals surface area contributed by atoms with Crippen LogP contribution >= 0.6 is 23.3 Å². The van der Waals surface area contributed by atoms with Crippen LogP contribution in [0.4, 0.5) is 0 Å². The van der Waals surface area contributed by atoms with Crippen molar-refractivity contribution in [1.29, 1.82) is 5.41 Å². The molecule has 0 aliphatic carbocycles. The monoisotopic (exact) mass is 292 g/mol. The molecule has 1 atom stereocenters. The van der Waals surface area contributed by atoms with Gasteiger partial charge in [0.25, 0.3) is 0 Å². The zero-order valence-electron chi connectivity index (χ0n) is 10.7. The Hall–Kier alpha value is -1.40. The predicted octanol–water partition coefficient (Wildman–Crippen LogP) is 2.91. The summed E-state index contributed by atoms with van der Waals surface area (Å²) in [4.78, 5) is 4.41. The van der Waals surface area contributed by atoms with Gasteiger partial charge in [-0.2, -0.15) is 4.37 Å². The minimum absolute atomic E-state index is 0.0693. The van der Waals surface area contributed by atoms with Gasteiger partial charge < -0.3 is 5.73 Å². The number of aryl methyl sites for hydroxylation is 1. The Labute approximate surface area is 121 Å². The summed E-state index contributed by atoms with van der Waals surface area (Å²) in [6.07, 6.45) is 0.853. The predicted molar refractivity (Wildman–Crippen MR) is 81.1 cm³/mol. The van der Waals surface area contributed by atoms with Crippen LogP contribution in [0.15, 0.2) is 34.7 Å². The summed E-state index contributed by atoms with van der Waals surface area (Å²) < 4.78 is 5.20. The third-order valence-corrected chi connectivity index (χ3v) is 4.68. The molecule has 0 aliphatic rings. The summed E-state index contributed by atoms with van der Waals surface area (Å²) in [6.45, 7) is 2.04. The summed E-state index contributed by atoms with van der Waals surface area (Å²) in [6, 6.07) is 9.91. The zero-order chi connectivity index (χ0) is 13.7. The lowest BCUT2D eigenvalue weighted by Crippen LogP contribution is -2.22. The van der Waals surface area contributed by atoms with Crippen LogP contribution in [0.3, 0.4) is 0 Å². The number of benzene rings is 1. The van der Waals surface area contributed by atoms with Gasteiger partial charge >= 0.3 is 0 Å². The SMILES string of the molecule is CCc1nsc(SCC(C(=N)N)c2ccccc2)n1. The van der Waals surface area contributed by atoms with Crippen LogP contribution in [0.1, 0.15) is 24.2 Å². The Bertz CT molecular complexity index is 539. The van der Waals surface area contributed by atoms with Crippen molar-refractivity contribution in [2.45, 2.75) is 23.6 Å². The second-order valence-electron chi connectivity index (χ2n) is 4.06. The van der Waals surface area contributed by atoms with E-state index in [0.29, 0.717) is 0 Å². The van der Waals surface area contributed by atoms with E-state index in [-0.39, 0.29) is 11.8 Å². The molecule has 2 rings (SSSR count). The van der Waals surface area contributed by atoms with Gasteiger partial charge in [-0.15, -0.1) is 0 Å². The van der Waals surface area contributed by atoms with E-state index in [4.69, 9.17) is 11.1 Å². The van der Waals surface area contributed by atoms with Gasteiger partial charge in [-0.1, -0.05) is 49.0 Å². The fourth-order valence-corrected chi connectivity index (χ4v) is 3.52. The highest BCUT2D eigenvalue weighted by Crippen LogP contribution is 2.27. The molecule has 100 valence electrons. The molecule has 3 N–H and O–H groups in total. The minimum atomic E-state index is -0.0693. The number of thioether (sulfide) groups is 1. The fraction of sp³-hybridized carbons (Fsp3) is 0.308. The first-order chi connectivity index (χ1) is 9.20. The second-order valence-corrected chi connectivity index (χ2v) is 6.08. The van der Waals surface area contributed by atoms with Gasteiger partial charge in [0.1, 0.15) is 5.82 Å². The van der Waals surface area contributed by atoms with Crippen molar-refractivity contribution in [3.05, 3.63) is 41.7 Å². The first kappa shape index (κ1) is 14.0. The average Bonchev–Trinajstić information content (AvgIpc) is 2.88. The number of aromatic nitrogens is 2. The van der Waals surface area contributed by atoms with E-state index in [1.54, 1.807) is 11.8 Å². The van der Waals surface area contributed by atoms with E-state index in [2.05, 4.69) is 9.36 Å². The molecule has 6 heteroatoms. The van der Waals surface area contributed by atoms with E-state index in [9.17, 15) is 0 Å². The van der Waals surface area contributed by atoms with E-state index in [1.807, 2.05) is 37.3 Å². The van der Waals surface area contributed by atoms with E-state index in [1.165, 1.54) is 11.5 Å². The Morgan fingerprint density at radius 1 is 1.42 bits per heavy atom. The van der Waals surface area contributed by atoms with Crippen LogP contribution in [0.25, 0.3) is 0 Å². The standard InChI is InChI=1S/C13H16N4S2/c1-2-11-16-13(19-17-11)18-8-10(12(14)15)9-6-4-3-5-7-9/h3-7,10H,2,8H2,1H3,(H3,14,15). The number of amidine groups is 1.